The van der Waals surface area contributed by atoms with E-state index >= 15 is 0 Å². The lowest BCUT2D eigenvalue weighted by Gasteiger charge is -2.37. The van der Waals surface area contributed by atoms with Gasteiger partial charge in [-0.2, -0.15) is 0 Å². The summed E-state index contributed by atoms with van der Waals surface area (Å²) in [4.78, 5) is 24.3. The van der Waals surface area contributed by atoms with E-state index in [4.69, 9.17) is 9.47 Å². The van der Waals surface area contributed by atoms with E-state index < -0.39 is 25.2 Å². The smallest absolute Gasteiger partial charge is 0.335 e. The van der Waals surface area contributed by atoms with Gasteiger partial charge >= 0.3 is 11.9 Å². The Morgan fingerprint density at radius 2 is 1.45 bits per heavy atom. The molecule has 3 aliphatic rings. The molecule has 1 aromatic carbocycles. The van der Waals surface area contributed by atoms with Gasteiger partial charge in [0.1, 0.15) is 0 Å². The van der Waals surface area contributed by atoms with Crippen molar-refractivity contribution in [1.82, 2.24) is 0 Å². The summed E-state index contributed by atoms with van der Waals surface area (Å²) in [6, 6.07) is 7.28. The van der Waals surface area contributed by atoms with Gasteiger partial charge in [-0.3, -0.25) is 0 Å². The number of aliphatic hydroxyl groups excluding tert-OH is 2. The minimum Gasteiger partial charge on any atom is -0.462 e. The Morgan fingerprint density at radius 1 is 0.818 bits per heavy atom. The lowest BCUT2D eigenvalue weighted by atomic mass is 9.68. The topological polar surface area (TPSA) is 93.1 Å². The molecular weight excluding hydrogens is 552 g/mol. The van der Waals surface area contributed by atoms with Crippen molar-refractivity contribution in [3.05, 3.63) is 59.2 Å². The molecule has 0 bridgehead atoms. The van der Waals surface area contributed by atoms with Crippen LogP contribution in [0.2, 0.25) is 0 Å². The lowest BCUT2D eigenvalue weighted by Crippen LogP contribution is -2.31. The number of hydrogen-bond acceptors (Lipinski definition) is 6. The van der Waals surface area contributed by atoms with Gasteiger partial charge in [0, 0.05) is 5.92 Å². The van der Waals surface area contributed by atoms with Crippen LogP contribution in [0.3, 0.4) is 0 Å². The van der Waals surface area contributed by atoms with E-state index in [1.54, 1.807) is 11.1 Å². The Kier molecular flexibility index (Phi) is 13.5. The number of ether oxygens (including phenoxy) is 2. The minimum absolute atomic E-state index is 0.00188. The zero-order chi connectivity index (χ0) is 31.5. The number of aryl methyl sites for hydroxylation is 1. The van der Waals surface area contributed by atoms with Gasteiger partial charge in [-0.05, 0) is 104 Å². The predicted molar refractivity (Wildman–Crippen MR) is 174 cm³/mol. The quantitative estimate of drug-likeness (QED) is 0.124. The Morgan fingerprint density at radius 3 is 2.05 bits per heavy atom. The molecule has 6 heteroatoms. The Balaban J connectivity index is 1.29. The molecule has 0 aliphatic heterocycles. The summed E-state index contributed by atoms with van der Waals surface area (Å²) in [5.74, 6) is 2.04. The molecule has 0 heterocycles. The molecule has 1 aromatic rings. The number of unbranched alkanes of at least 4 members (excludes halogenated alkanes) is 2. The van der Waals surface area contributed by atoms with Gasteiger partial charge in [0.05, 0.1) is 37.6 Å². The number of esters is 2. The normalized spacial score (nSPS) is 25.2. The molecular formula is C38H56O6. The molecule has 6 nitrogen and oxygen atoms in total. The van der Waals surface area contributed by atoms with Crippen LogP contribution in [0.15, 0.2) is 42.5 Å². The van der Waals surface area contributed by atoms with Crippen molar-refractivity contribution < 1.29 is 29.3 Å². The van der Waals surface area contributed by atoms with Crippen molar-refractivity contribution in [2.24, 2.45) is 29.6 Å². The fraction of sp³-hybridized carbons (Fsp3) is 0.684. The first kappa shape index (κ1) is 34.4. The second-order valence-electron chi connectivity index (χ2n) is 13.9. The maximum Gasteiger partial charge on any atom is 0.335 e. The molecule has 1 atom stereocenters. The maximum absolute atomic E-state index is 12.1. The number of carbonyl (C=O) groups is 2. The zero-order valence-electron chi connectivity index (χ0n) is 27.1. The van der Waals surface area contributed by atoms with Crippen molar-refractivity contribution in [2.45, 2.75) is 109 Å². The molecule has 2 N–H and O–H groups in total. The Hall–Kier alpha value is -2.44. The highest BCUT2D eigenvalue weighted by molar-refractivity contribution is 5.88. The monoisotopic (exact) mass is 608 g/mol. The highest BCUT2D eigenvalue weighted by atomic mass is 16.5. The van der Waals surface area contributed by atoms with Gasteiger partial charge in [-0.1, -0.05) is 76.8 Å². The van der Waals surface area contributed by atoms with Crippen LogP contribution in [0.4, 0.5) is 0 Å². The number of rotatable bonds is 15. The van der Waals surface area contributed by atoms with Crippen molar-refractivity contribution in [3.63, 3.8) is 0 Å². The molecule has 0 spiro atoms. The summed E-state index contributed by atoms with van der Waals surface area (Å²) in [5.41, 5.74) is 4.57. The van der Waals surface area contributed by atoms with Crippen LogP contribution in [0.5, 0.6) is 0 Å². The summed E-state index contributed by atoms with van der Waals surface area (Å²) in [6.45, 7) is 8.64. The average Bonchev–Trinajstić information content (AvgIpc) is 3.07. The van der Waals surface area contributed by atoms with E-state index in [-0.39, 0.29) is 36.2 Å². The van der Waals surface area contributed by atoms with E-state index in [0.717, 1.165) is 43.4 Å². The molecule has 0 saturated heterocycles. The third kappa shape index (κ3) is 9.53. The molecule has 0 aromatic heterocycles. The van der Waals surface area contributed by atoms with Crippen LogP contribution in [-0.4, -0.2) is 48.6 Å². The number of benzene rings is 1. The molecule has 3 aliphatic carbocycles. The van der Waals surface area contributed by atoms with E-state index in [1.807, 2.05) is 0 Å². The standard InChI is InChI=1S/C38H56O6/c1-4-5-6-7-28-8-10-29(11-9-28)32-16-18-35-21-33(17-19-34(35)20-32)30-12-14-31(15-13-30)36(24-43-37(41)26(2)22-39)25-44-38(42)27(3)23-40/h17,19,21,28-32,36,39-40H,2-16,18,20,22-25H2,1H3. The second-order valence-corrected chi connectivity index (χ2v) is 13.9. The third-order valence-corrected chi connectivity index (χ3v) is 11.0. The Labute approximate surface area is 265 Å². The summed E-state index contributed by atoms with van der Waals surface area (Å²) in [6.07, 6.45) is 19.1. The fourth-order valence-electron chi connectivity index (χ4n) is 8.03. The first-order valence-corrected chi connectivity index (χ1v) is 17.4. The molecule has 0 amide bonds. The highest BCUT2D eigenvalue weighted by Gasteiger charge is 2.33. The number of fused-ring (bicyclic) bond motifs is 1. The van der Waals surface area contributed by atoms with Crippen molar-refractivity contribution >= 4 is 11.9 Å². The van der Waals surface area contributed by atoms with Gasteiger partial charge in [-0.15, -0.1) is 0 Å². The first-order chi connectivity index (χ1) is 21.3. The van der Waals surface area contributed by atoms with Gasteiger partial charge < -0.3 is 19.7 Å². The van der Waals surface area contributed by atoms with Crippen LogP contribution >= 0.6 is 0 Å². The fourth-order valence-corrected chi connectivity index (χ4v) is 8.03. The minimum atomic E-state index is -0.635. The van der Waals surface area contributed by atoms with E-state index in [2.05, 4.69) is 38.3 Å². The van der Waals surface area contributed by atoms with Crippen LogP contribution in [-0.2, 0) is 31.9 Å². The lowest BCUT2D eigenvalue weighted by molar-refractivity contribution is -0.146. The largest absolute Gasteiger partial charge is 0.462 e. The predicted octanol–water partition coefficient (Wildman–Crippen LogP) is 7.25. The maximum atomic E-state index is 12.1. The summed E-state index contributed by atoms with van der Waals surface area (Å²) >= 11 is 0. The number of aliphatic hydroxyl groups is 2. The molecule has 4 rings (SSSR count). The zero-order valence-corrected chi connectivity index (χ0v) is 27.1. The van der Waals surface area contributed by atoms with E-state index in [1.165, 1.54) is 76.2 Å². The van der Waals surface area contributed by atoms with Gasteiger partial charge in [-0.25, -0.2) is 9.59 Å². The third-order valence-electron chi connectivity index (χ3n) is 11.0. The average molecular weight is 609 g/mol. The summed E-state index contributed by atoms with van der Waals surface area (Å²) < 4.78 is 10.8. The molecule has 2 fully saturated rings. The number of carbonyl (C=O) groups excluding carboxylic acids is 2. The van der Waals surface area contributed by atoms with Crippen LogP contribution < -0.4 is 0 Å². The van der Waals surface area contributed by atoms with Crippen molar-refractivity contribution in [3.8, 4) is 0 Å². The Bertz CT molecular complexity index is 1080. The summed E-state index contributed by atoms with van der Waals surface area (Å²) in [7, 11) is 0. The van der Waals surface area contributed by atoms with Crippen molar-refractivity contribution in [2.75, 3.05) is 26.4 Å². The second kappa shape index (κ2) is 17.3. The van der Waals surface area contributed by atoms with Gasteiger partial charge in [0.15, 0.2) is 0 Å². The van der Waals surface area contributed by atoms with Crippen LogP contribution in [0.1, 0.15) is 113 Å². The molecule has 244 valence electrons. The van der Waals surface area contributed by atoms with Gasteiger partial charge in [0.2, 0.25) is 0 Å². The van der Waals surface area contributed by atoms with E-state index in [0.29, 0.717) is 5.92 Å². The van der Waals surface area contributed by atoms with Gasteiger partial charge in [0.25, 0.3) is 0 Å². The summed E-state index contributed by atoms with van der Waals surface area (Å²) in [5, 5.41) is 18.4. The SMILES string of the molecule is C=C(CO)C(=O)OCC(COC(=O)C(=C)CO)C1CCC(c2ccc3c(c2)CCC(C2CCC(CCCCC)CC2)C3)CC1. The first-order valence-electron chi connectivity index (χ1n) is 17.4. The van der Waals surface area contributed by atoms with Crippen molar-refractivity contribution in [1.29, 1.82) is 0 Å². The molecule has 2 saturated carbocycles. The molecule has 1 unspecified atom stereocenters. The molecule has 0 radical (unpaired) electrons. The van der Waals surface area contributed by atoms with E-state index in [9.17, 15) is 19.8 Å². The molecule has 44 heavy (non-hydrogen) atoms. The van der Waals surface area contributed by atoms with Crippen LogP contribution in [0.25, 0.3) is 0 Å². The van der Waals surface area contributed by atoms with Crippen LogP contribution in [0, 0.1) is 29.6 Å². The highest BCUT2D eigenvalue weighted by Crippen LogP contribution is 2.43. The number of hydrogen-bond donors (Lipinski definition) is 2.